The lowest BCUT2D eigenvalue weighted by Gasteiger charge is -2.20. The SMILES string of the molecule is O=C(CCCOc1ccc(Cl)cc1)Nc1ccc(S(=O)(=O)N2CCCCCC2)cc1. The average Bonchev–Trinajstić information content (AvgIpc) is 3.03. The minimum absolute atomic E-state index is 0.141. The zero-order chi connectivity index (χ0) is 21.4. The number of sulfonamides is 1. The van der Waals surface area contributed by atoms with Crippen molar-refractivity contribution in [1.29, 1.82) is 0 Å². The summed E-state index contributed by atoms with van der Waals surface area (Å²) < 4.78 is 32.7. The summed E-state index contributed by atoms with van der Waals surface area (Å²) in [5.74, 6) is 0.568. The number of benzene rings is 2. The summed E-state index contributed by atoms with van der Waals surface area (Å²) >= 11 is 5.83. The second-order valence-electron chi connectivity index (χ2n) is 7.30. The monoisotopic (exact) mass is 450 g/mol. The number of amides is 1. The minimum atomic E-state index is -3.48. The topological polar surface area (TPSA) is 75.7 Å². The molecule has 2 aromatic rings. The van der Waals surface area contributed by atoms with Crippen LogP contribution in [0.2, 0.25) is 5.02 Å². The number of nitrogens with zero attached hydrogens (tertiary/aromatic N) is 1. The fraction of sp³-hybridized carbons (Fsp3) is 0.409. The number of hydrogen-bond donors (Lipinski definition) is 1. The Morgan fingerprint density at radius 2 is 1.60 bits per heavy atom. The molecule has 0 atom stereocenters. The van der Waals surface area contributed by atoms with Crippen LogP contribution >= 0.6 is 11.6 Å². The highest BCUT2D eigenvalue weighted by Crippen LogP contribution is 2.22. The summed E-state index contributed by atoms with van der Waals surface area (Å²) in [6.07, 6.45) is 4.81. The van der Waals surface area contributed by atoms with Crippen molar-refractivity contribution < 1.29 is 17.9 Å². The van der Waals surface area contributed by atoms with Gasteiger partial charge in [-0.25, -0.2) is 8.42 Å². The van der Waals surface area contributed by atoms with Gasteiger partial charge < -0.3 is 10.1 Å². The second kappa shape index (κ2) is 10.8. The largest absolute Gasteiger partial charge is 0.494 e. The number of halogens is 1. The average molecular weight is 451 g/mol. The van der Waals surface area contributed by atoms with Gasteiger partial charge in [0.2, 0.25) is 15.9 Å². The fourth-order valence-electron chi connectivity index (χ4n) is 3.32. The molecule has 0 saturated carbocycles. The number of anilines is 1. The second-order valence-corrected chi connectivity index (χ2v) is 9.67. The Kier molecular flexibility index (Phi) is 8.13. The molecule has 1 N–H and O–H groups in total. The van der Waals surface area contributed by atoms with Gasteiger partial charge in [0, 0.05) is 30.2 Å². The molecule has 0 unspecified atom stereocenters. The zero-order valence-electron chi connectivity index (χ0n) is 16.8. The van der Waals surface area contributed by atoms with Gasteiger partial charge in [0.15, 0.2) is 0 Å². The standard InChI is InChI=1S/C22H27ClN2O4S/c23-18-7-11-20(12-8-18)29-17-5-6-22(26)24-19-9-13-21(14-10-19)30(27,28)25-15-3-1-2-4-16-25/h7-14H,1-6,15-17H2,(H,24,26). The van der Waals surface area contributed by atoms with Crippen LogP contribution in [0.4, 0.5) is 5.69 Å². The number of rotatable bonds is 8. The van der Waals surface area contributed by atoms with E-state index in [1.54, 1.807) is 52.8 Å². The molecule has 0 aliphatic carbocycles. The molecule has 0 aromatic heterocycles. The van der Waals surface area contributed by atoms with Crippen LogP contribution in [0.5, 0.6) is 5.75 Å². The lowest BCUT2D eigenvalue weighted by atomic mass is 10.2. The van der Waals surface area contributed by atoms with Crippen LogP contribution in [0.25, 0.3) is 0 Å². The van der Waals surface area contributed by atoms with E-state index in [-0.39, 0.29) is 10.8 Å². The first-order valence-electron chi connectivity index (χ1n) is 10.2. The summed E-state index contributed by atoms with van der Waals surface area (Å²) in [5.41, 5.74) is 0.577. The van der Waals surface area contributed by atoms with Crippen LogP contribution < -0.4 is 10.1 Å². The van der Waals surface area contributed by atoms with Crippen LogP contribution in [0, 0.1) is 0 Å². The first-order chi connectivity index (χ1) is 14.4. The molecule has 3 rings (SSSR count). The van der Waals surface area contributed by atoms with Crippen molar-refractivity contribution in [3.8, 4) is 5.75 Å². The molecule has 0 spiro atoms. The van der Waals surface area contributed by atoms with Crippen molar-refractivity contribution in [3.63, 3.8) is 0 Å². The van der Waals surface area contributed by atoms with E-state index in [4.69, 9.17) is 16.3 Å². The molecule has 30 heavy (non-hydrogen) atoms. The third-order valence-electron chi connectivity index (χ3n) is 4.97. The molecule has 1 heterocycles. The van der Waals surface area contributed by atoms with Crippen LogP contribution in [-0.4, -0.2) is 38.3 Å². The predicted octanol–water partition coefficient (Wildman–Crippen LogP) is 4.70. The first-order valence-corrected chi connectivity index (χ1v) is 12.1. The van der Waals surface area contributed by atoms with Crippen molar-refractivity contribution in [1.82, 2.24) is 4.31 Å². The van der Waals surface area contributed by atoms with E-state index in [9.17, 15) is 13.2 Å². The van der Waals surface area contributed by atoms with Gasteiger partial charge in [0.05, 0.1) is 11.5 Å². The van der Waals surface area contributed by atoms with E-state index < -0.39 is 10.0 Å². The number of hydrogen-bond acceptors (Lipinski definition) is 4. The van der Waals surface area contributed by atoms with E-state index in [0.29, 0.717) is 49.0 Å². The van der Waals surface area contributed by atoms with Gasteiger partial charge in [-0.05, 0) is 67.8 Å². The Balaban J connectivity index is 1.46. The van der Waals surface area contributed by atoms with Crippen LogP contribution in [0.1, 0.15) is 38.5 Å². The van der Waals surface area contributed by atoms with Gasteiger partial charge in [-0.1, -0.05) is 24.4 Å². The molecule has 162 valence electrons. The number of carbonyl (C=O) groups excluding carboxylic acids is 1. The maximum absolute atomic E-state index is 12.8. The van der Waals surface area contributed by atoms with Gasteiger partial charge in [0.1, 0.15) is 5.75 Å². The van der Waals surface area contributed by atoms with E-state index in [0.717, 1.165) is 25.7 Å². The van der Waals surface area contributed by atoms with Crippen molar-refractivity contribution >= 4 is 33.2 Å². The van der Waals surface area contributed by atoms with E-state index in [1.165, 1.54) is 0 Å². The van der Waals surface area contributed by atoms with Crippen molar-refractivity contribution in [2.24, 2.45) is 0 Å². The Morgan fingerprint density at radius 3 is 2.23 bits per heavy atom. The lowest BCUT2D eigenvalue weighted by Crippen LogP contribution is -2.31. The van der Waals surface area contributed by atoms with Gasteiger partial charge in [-0.2, -0.15) is 4.31 Å². The van der Waals surface area contributed by atoms with Gasteiger partial charge >= 0.3 is 0 Å². The van der Waals surface area contributed by atoms with Crippen LogP contribution in [0.15, 0.2) is 53.4 Å². The molecule has 1 aliphatic rings. The summed E-state index contributed by atoms with van der Waals surface area (Å²) in [7, 11) is -3.48. The Hall–Kier alpha value is -2.09. The molecular weight excluding hydrogens is 424 g/mol. The molecular formula is C22H27ClN2O4S. The van der Waals surface area contributed by atoms with Gasteiger partial charge in [-0.15, -0.1) is 0 Å². The van der Waals surface area contributed by atoms with Gasteiger partial charge in [-0.3, -0.25) is 4.79 Å². The molecule has 1 aliphatic heterocycles. The van der Waals surface area contributed by atoms with Crippen LogP contribution in [-0.2, 0) is 14.8 Å². The molecule has 6 nitrogen and oxygen atoms in total. The highest BCUT2D eigenvalue weighted by atomic mass is 35.5. The Bertz CT molecular complexity index is 923. The molecule has 8 heteroatoms. The number of nitrogens with one attached hydrogen (secondary N) is 1. The maximum atomic E-state index is 12.8. The quantitative estimate of drug-likeness (QED) is 0.591. The molecule has 0 radical (unpaired) electrons. The van der Waals surface area contributed by atoms with Crippen molar-refractivity contribution in [2.45, 2.75) is 43.4 Å². The summed E-state index contributed by atoms with van der Waals surface area (Å²) in [5, 5.41) is 3.44. The van der Waals surface area contributed by atoms with Crippen molar-refractivity contribution in [3.05, 3.63) is 53.6 Å². The predicted molar refractivity (Wildman–Crippen MR) is 118 cm³/mol. The number of ether oxygens (including phenoxy) is 1. The normalized spacial score (nSPS) is 15.4. The summed E-state index contributed by atoms with van der Waals surface area (Å²) in [4.78, 5) is 12.4. The van der Waals surface area contributed by atoms with E-state index in [1.807, 2.05) is 0 Å². The Morgan fingerprint density at radius 1 is 0.967 bits per heavy atom. The third-order valence-corrected chi connectivity index (χ3v) is 7.14. The van der Waals surface area contributed by atoms with Gasteiger partial charge in [0.25, 0.3) is 0 Å². The molecule has 1 saturated heterocycles. The fourth-order valence-corrected chi connectivity index (χ4v) is 4.96. The van der Waals surface area contributed by atoms with Crippen LogP contribution in [0.3, 0.4) is 0 Å². The molecule has 1 fully saturated rings. The van der Waals surface area contributed by atoms with E-state index in [2.05, 4.69) is 5.32 Å². The highest BCUT2D eigenvalue weighted by molar-refractivity contribution is 7.89. The minimum Gasteiger partial charge on any atom is -0.494 e. The third kappa shape index (κ3) is 6.45. The zero-order valence-corrected chi connectivity index (χ0v) is 18.4. The smallest absolute Gasteiger partial charge is 0.243 e. The molecule has 2 aromatic carbocycles. The van der Waals surface area contributed by atoms with Crippen molar-refractivity contribution in [2.75, 3.05) is 25.0 Å². The molecule has 1 amide bonds. The molecule has 0 bridgehead atoms. The first kappa shape index (κ1) is 22.6. The summed E-state index contributed by atoms with van der Waals surface area (Å²) in [6, 6.07) is 13.4. The highest BCUT2D eigenvalue weighted by Gasteiger charge is 2.24. The maximum Gasteiger partial charge on any atom is 0.243 e. The Labute approximate surface area is 183 Å². The lowest BCUT2D eigenvalue weighted by molar-refractivity contribution is -0.116. The summed E-state index contributed by atoms with van der Waals surface area (Å²) in [6.45, 7) is 1.56. The van der Waals surface area contributed by atoms with E-state index >= 15 is 0 Å². The number of carbonyl (C=O) groups is 1.